The van der Waals surface area contributed by atoms with Crippen molar-refractivity contribution >= 4 is 33.3 Å². The van der Waals surface area contributed by atoms with E-state index >= 15 is 0 Å². The molecule has 0 aliphatic rings. The van der Waals surface area contributed by atoms with Crippen LogP contribution in [-0.4, -0.2) is 11.5 Å². The molecule has 0 spiro atoms. The average Bonchev–Trinajstić information content (AvgIpc) is 2.46. The first-order chi connectivity index (χ1) is 10.0. The summed E-state index contributed by atoms with van der Waals surface area (Å²) in [6.45, 7) is 5.09. The summed E-state index contributed by atoms with van der Waals surface area (Å²) in [5.74, 6) is 0.504. The topological polar surface area (TPSA) is 50.9 Å². The lowest BCUT2D eigenvalue weighted by Crippen LogP contribution is -2.24. The van der Waals surface area contributed by atoms with Crippen molar-refractivity contribution < 1.29 is 0 Å². The third-order valence-electron chi connectivity index (χ3n) is 3.35. The van der Waals surface area contributed by atoms with Crippen molar-refractivity contribution in [1.29, 1.82) is 0 Å². The highest BCUT2D eigenvalue weighted by Crippen LogP contribution is 2.30. The number of aromatic nitrogens is 1. The van der Waals surface area contributed by atoms with Gasteiger partial charge in [0.25, 0.3) is 0 Å². The zero-order valence-corrected chi connectivity index (χ0v) is 14.5. The van der Waals surface area contributed by atoms with Gasteiger partial charge in [-0.05, 0) is 43.1 Å². The van der Waals surface area contributed by atoms with Gasteiger partial charge in [0.05, 0.1) is 11.1 Å². The number of halogens is 2. The minimum absolute atomic E-state index is 0.0203. The predicted molar refractivity (Wildman–Crippen MR) is 92.7 cm³/mol. The van der Waals surface area contributed by atoms with E-state index < -0.39 is 0 Å². The molecule has 1 aromatic heterocycles. The Bertz CT molecular complexity index is 631. The zero-order chi connectivity index (χ0) is 15.4. The van der Waals surface area contributed by atoms with Crippen molar-refractivity contribution in [1.82, 2.24) is 10.3 Å². The van der Waals surface area contributed by atoms with Crippen LogP contribution in [0.5, 0.6) is 0 Å². The van der Waals surface area contributed by atoms with Crippen molar-refractivity contribution in [2.24, 2.45) is 0 Å². The third-order valence-corrected chi connectivity index (χ3v) is 4.42. The summed E-state index contributed by atoms with van der Waals surface area (Å²) in [5.41, 5.74) is 9.29. The second-order valence-electron chi connectivity index (χ2n) is 5.02. The van der Waals surface area contributed by atoms with Crippen LogP contribution >= 0.6 is 27.5 Å². The minimum Gasteiger partial charge on any atom is -0.383 e. The number of rotatable bonds is 5. The lowest BCUT2D eigenvalue weighted by molar-refractivity contribution is 0.598. The van der Waals surface area contributed by atoms with E-state index in [2.05, 4.69) is 58.3 Å². The molecule has 0 amide bonds. The first-order valence-corrected chi connectivity index (χ1v) is 8.10. The monoisotopic (exact) mass is 367 g/mol. The van der Waals surface area contributed by atoms with Gasteiger partial charge in [-0.1, -0.05) is 46.6 Å². The van der Waals surface area contributed by atoms with Crippen LogP contribution in [0.15, 0.2) is 34.9 Å². The van der Waals surface area contributed by atoms with Crippen molar-refractivity contribution in [2.45, 2.75) is 26.3 Å². The SMILES string of the molecule is CCCNC(c1ccc(C)c(Br)c1)c1cc(Cl)cnc1N. The molecule has 0 fully saturated rings. The molecule has 1 unspecified atom stereocenters. The Hall–Kier alpha value is -1.10. The van der Waals surface area contributed by atoms with E-state index in [9.17, 15) is 0 Å². The Morgan fingerprint density at radius 2 is 2.14 bits per heavy atom. The Morgan fingerprint density at radius 3 is 2.81 bits per heavy atom. The number of hydrogen-bond acceptors (Lipinski definition) is 3. The maximum atomic E-state index is 6.08. The standard InChI is InChI=1S/C16H19BrClN3/c1-3-6-20-15(11-5-4-10(2)14(17)7-11)13-8-12(18)9-21-16(13)19/h4-5,7-9,15,20H,3,6H2,1-2H3,(H2,19,21). The van der Waals surface area contributed by atoms with E-state index in [4.69, 9.17) is 17.3 Å². The number of pyridine rings is 1. The highest BCUT2D eigenvalue weighted by molar-refractivity contribution is 9.10. The predicted octanol–water partition coefficient (Wildman–Crippen LogP) is 4.48. The number of aryl methyl sites for hydroxylation is 1. The van der Waals surface area contributed by atoms with Crippen LogP contribution in [0.3, 0.4) is 0 Å². The fraction of sp³-hybridized carbons (Fsp3) is 0.312. The van der Waals surface area contributed by atoms with Crippen molar-refractivity contribution in [3.63, 3.8) is 0 Å². The Balaban J connectivity index is 2.46. The summed E-state index contributed by atoms with van der Waals surface area (Å²) in [6.07, 6.45) is 2.61. The number of nitrogen functional groups attached to an aromatic ring is 1. The molecular weight excluding hydrogens is 350 g/mol. The normalized spacial score (nSPS) is 12.4. The molecule has 21 heavy (non-hydrogen) atoms. The van der Waals surface area contributed by atoms with Gasteiger partial charge in [0.15, 0.2) is 0 Å². The number of benzene rings is 1. The first-order valence-electron chi connectivity index (χ1n) is 6.93. The van der Waals surface area contributed by atoms with E-state index in [0.717, 1.165) is 28.6 Å². The number of nitrogens with zero attached hydrogens (tertiary/aromatic N) is 1. The van der Waals surface area contributed by atoms with Crippen LogP contribution in [-0.2, 0) is 0 Å². The largest absolute Gasteiger partial charge is 0.383 e. The molecule has 3 N–H and O–H groups in total. The fourth-order valence-electron chi connectivity index (χ4n) is 2.18. The van der Waals surface area contributed by atoms with Gasteiger partial charge in [-0.15, -0.1) is 0 Å². The summed E-state index contributed by atoms with van der Waals surface area (Å²) in [7, 11) is 0. The Morgan fingerprint density at radius 1 is 1.38 bits per heavy atom. The molecule has 2 rings (SSSR count). The van der Waals surface area contributed by atoms with Crippen LogP contribution in [0, 0.1) is 6.92 Å². The number of nitrogens with one attached hydrogen (secondary N) is 1. The molecule has 5 heteroatoms. The van der Waals surface area contributed by atoms with Gasteiger partial charge < -0.3 is 11.1 Å². The van der Waals surface area contributed by atoms with Crippen molar-refractivity contribution in [2.75, 3.05) is 12.3 Å². The van der Waals surface area contributed by atoms with Crippen molar-refractivity contribution in [3.05, 3.63) is 56.6 Å². The van der Waals surface area contributed by atoms with Gasteiger partial charge in [0.2, 0.25) is 0 Å². The Kier molecular flexibility index (Phi) is 5.62. The van der Waals surface area contributed by atoms with Crippen LogP contribution in [0.4, 0.5) is 5.82 Å². The summed E-state index contributed by atoms with van der Waals surface area (Å²) in [4.78, 5) is 4.17. The van der Waals surface area contributed by atoms with E-state index in [1.54, 1.807) is 6.20 Å². The molecule has 1 heterocycles. The second-order valence-corrected chi connectivity index (χ2v) is 6.31. The molecule has 0 aliphatic carbocycles. The highest BCUT2D eigenvalue weighted by Gasteiger charge is 2.18. The molecule has 3 nitrogen and oxygen atoms in total. The van der Waals surface area contributed by atoms with Gasteiger partial charge >= 0.3 is 0 Å². The Labute approximate surface area is 139 Å². The smallest absolute Gasteiger partial charge is 0.128 e. The molecule has 0 aliphatic heterocycles. The quantitative estimate of drug-likeness (QED) is 0.818. The fourth-order valence-corrected chi connectivity index (χ4v) is 2.74. The lowest BCUT2D eigenvalue weighted by atomic mass is 9.98. The molecule has 0 bridgehead atoms. The third kappa shape index (κ3) is 3.96. The van der Waals surface area contributed by atoms with Crippen LogP contribution < -0.4 is 11.1 Å². The maximum absolute atomic E-state index is 6.08. The first kappa shape index (κ1) is 16.3. The number of anilines is 1. The number of hydrogen-bond donors (Lipinski definition) is 2. The summed E-state index contributed by atoms with van der Waals surface area (Å²) in [6, 6.07) is 8.17. The molecule has 0 saturated carbocycles. The average molecular weight is 369 g/mol. The van der Waals surface area contributed by atoms with Gasteiger partial charge in [-0.25, -0.2) is 4.98 Å². The molecule has 1 atom stereocenters. The van der Waals surface area contributed by atoms with E-state index in [1.165, 1.54) is 5.56 Å². The maximum Gasteiger partial charge on any atom is 0.128 e. The molecule has 0 radical (unpaired) electrons. The number of nitrogens with two attached hydrogens (primary N) is 1. The van der Waals surface area contributed by atoms with E-state index in [0.29, 0.717) is 10.8 Å². The van der Waals surface area contributed by atoms with Gasteiger partial charge in [-0.2, -0.15) is 0 Å². The van der Waals surface area contributed by atoms with Gasteiger partial charge in [0, 0.05) is 16.2 Å². The van der Waals surface area contributed by atoms with Crippen LogP contribution in [0.25, 0.3) is 0 Å². The molecule has 1 aromatic carbocycles. The van der Waals surface area contributed by atoms with E-state index in [-0.39, 0.29) is 6.04 Å². The second kappa shape index (κ2) is 7.25. The molecule has 0 saturated heterocycles. The molecular formula is C16H19BrClN3. The van der Waals surface area contributed by atoms with E-state index in [1.807, 2.05) is 6.07 Å². The lowest BCUT2D eigenvalue weighted by Gasteiger charge is -2.21. The highest BCUT2D eigenvalue weighted by atomic mass is 79.9. The zero-order valence-electron chi connectivity index (χ0n) is 12.2. The molecule has 112 valence electrons. The minimum atomic E-state index is -0.0203. The van der Waals surface area contributed by atoms with Gasteiger partial charge in [0.1, 0.15) is 5.82 Å². The van der Waals surface area contributed by atoms with Crippen LogP contribution in [0.1, 0.15) is 36.1 Å². The van der Waals surface area contributed by atoms with Crippen molar-refractivity contribution in [3.8, 4) is 0 Å². The summed E-state index contributed by atoms with van der Waals surface area (Å²) >= 11 is 9.67. The van der Waals surface area contributed by atoms with Gasteiger partial charge in [-0.3, -0.25) is 0 Å². The molecule has 2 aromatic rings. The summed E-state index contributed by atoms with van der Waals surface area (Å²) in [5, 5.41) is 4.11. The summed E-state index contributed by atoms with van der Waals surface area (Å²) < 4.78 is 1.08. The van der Waals surface area contributed by atoms with Crippen LogP contribution in [0.2, 0.25) is 5.02 Å².